The minimum Gasteiger partial charge on any atom is -0.268 e. The molecular weight excluding hydrogens is 330 g/mol. The van der Waals surface area contributed by atoms with E-state index < -0.39 is 0 Å². The van der Waals surface area contributed by atoms with Crippen molar-refractivity contribution >= 4 is 34.8 Å². The molecule has 0 fully saturated rings. The van der Waals surface area contributed by atoms with Gasteiger partial charge >= 0.3 is 0 Å². The van der Waals surface area contributed by atoms with Crippen LogP contribution in [-0.2, 0) is 9.59 Å². The van der Waals surface area contributed by atoms with Crippen molar-refractivity contribution in [2.45, 2.75) is 27.7 Å². The number of amides is 2. The second-order valence-electron chi connectivity index (χ2n) is 6.29. The van der Waals surface area contributed by atoms with Crippen LogP contribution < -0.4 is 4.90 Å². The quantitative estimate of drug-likeness (QED) is 0.753. The molecule has 0 atom stereocenters. The Kier molecular flexibility index (Phi) is 4.82. The molecule has 2 aromatic rings. The number of carbonyl (C=O) groups is 2. The molecule has 3 nitrogen and oxygen atoms in total. The zero-order valence-corrected chi connectivity index (χ0v) is 15.7. The Morgan fingerprint density at radius 1 is 0.840 bits per heavy atom. The minimum absolute atomic E-state index is 0.225. The highest BCUT2D eigenvalue weighted by atomic mass is 32.2. The summed E-state index contributed by atoms with van der Waals surface area (Å²) in [5.41, 5.74) is 5.14. The van der Waals surface area contributed by atoms with E-state index in [0.717, 1.165) is 28.0 Å². The van der Waals surface area contributed by atoms with Crippen LogP contribution in [0.25, 0.3) is 5.57 Å². The molecule has 0 radical (unpaired) electrons. The second-order valence-corrected chi connectivity index (χ2v) is 7.57. The standard InChI is InChI=1S/C21H21NO2S/c1-5-25-19-18(16-8-6-13(2)7-9-16)20(23)22(21(19)24)17-11-14(3)10-15(4)12-17/h6-12H,5H2,1-4H3. The lowest BCUT2D eigenvalue weighted by Crippen LogP contribution is -2.31. The van der Waals surface area contributed by atoms with Gasteiger partial charge in [-0.3, -0.25) is 9.59 Å². The fraction of sp³-hybridized carbons (Fsp3) is 0.238. The molecule has 2 amide bonds. The monoisotopic (exact) mass is 351 g/mol. The summed E-state index contributed by atoms with van der Waals surface area (Å²) in [5.74, 6) is 0.275. The molecule has 0 saturated heterocycles. The van der Waals surface area contributed by atoms with Gasteiger partial charge < -0.3 is 0 Å². The first-order chi connectivity index (χ1) is 11.9. The third kappa shape index (κ3) is 3.27. The Bertz CT molecular complexity index is 861. The van der Waals surface area contributed by atoms with Crippen molar-refractivity contribution in [3.05, 3.63) is 69.6 Å². The SMILES string of the molecule is CCSC1=C(c2ccc(C)cc2)C(=O)N(c2cc(C)cc(C)c2)C1=O. The van der Waals surface area contributed by atoms with Crippen molar-refractivity contribution in [1.82, 2.24) is 0 Å². The summed E-state index contributed by atoms with van der Waals surface area (Å²) in [4.78, 5) is 28.0. The molecule has 25 heavy (non-hydrogen) atoms. The highest BCUT2D eigenvalue weighted by Gasteiger charge is 2.40. The molecule has 0 aromatic heterocycles. The lowest BCUT2D eigenvalue weighted by molar-refractivity contribution is -0.119. The van der Waals surface area contributed by atoms with Gasteiger partial charge in [-0.2, -0.15) is 0 Å². The van der Waals surface area contributed by atoms with Crippen LogP contribution in [0.1, 0.15) is 29.2 Å². The summed E-state index contributed by atoms with van der Waals surface area (Å²) in [5, 5.41) is 0. The number of nitrogens with zero attached hydrogens (tertiary/aromatic N) is 1. The van der Waals surface area contributed by atoms with Gasteiger partial charge in [0.15, 0.2) is 0 Å². The van der Waals surface area contributed by atoms with E-state index >= 15 is 0 Å². The first-order valence-corrected chi connectivity index (χ1v) is 9.32. The topological polar surface area (TPSA) is 37.4 Å². The summed E-state index contributed by atoms with van der Waals surface area (Å²) < 4.78 is 0. The Hall–Kier alpha value is -2.33. The van der Waals surface area contributed by atoms with Crippen LogP contribution in [0.3, 0.4) is 0 Å². The predicted molar refractivity (Wildman–Crippen MR) is 105 cm³/mol. The lowest BCUT2D eigenvalue weighted by atomic mass is 10.0. The van der Waals surface area contributed by atoms with Crippen LogP contribution in [0.15, 0.2) is 47.4 Å². The van der Waals surface area contributed by atoms with Gasteiger partial charge in [-0.1, -0.05) is 42.8 Å². The van der Waals surface area contributed by atoms with E-state index in [4.69, 9.17) is 0 Å². The normalized spacial score (nSPS) is 14.6. The van der Waals surface area contributed by atoms with Crippen LogP contribution in [0.5, 0.6) is 0 Å². The Morgan fingerprint density at radius 2 is 1.44 bits per heavy atom. The van der Waals surface area contributed by atoms with Gasteiger partial charge in [0.25, 0.3) is 11.8 Å². The van der Waals surface area contributed by atoms with Crippen molar-refractivity contribution in [1.29, 1.82) is 0 Å². The third-order valence-corrected chi connectivity index (χ3v) is 5.09. The second kappa shape index (κ2) is 6.89. The van der Waals surface area contributed by atoms with Crippen LogP contribution in [0, 0.1) is 20.8 Å². The van der Waals surface area contributed by atoms with E-state index in [1.54, 1.807) is 0 Å². The number of aryl methyl sites for hydroxylation is 3. The molecule has 0 bridgehead atoms. The maximum atomic E-state index is 13.1. The predicted octanol–water partition coefficient (Wildman–Crippen LogP) is 4.65. The minimum atomic E-state index is -0.241. The molecule has 0 spiro atoms. The van der Waals surface area contributed by atoms with Gasteiger partial charge in [0.2, 0.25) is 0 Å². The molecule has 0 aliphatic carbocycles. The van der Waals surface area contributed by atoms with E-state index in [1.165, 1.54) is 16.7 Å². The maximum Gasteiger partial charge on any atom is 0.272 e. The van der Waals surface area contributed by atoms with Gasteiger partial charge in [-0.25, -0.2) is 4.90 Å². The molecule has 1 aliphatic heterocycles. The summed E-state index contributed by atoms with van der Waals surface area (Å²) >= 11 is 1.43. The van der Waals surface area contributed by atoms with E-state index in [-0.39, 0.29) is 11.8 Å². The fourth-order valence-corrected chi connectivity index (χ4v) is 3.93. The number of anilines is 1. The highest BCUT2D eigenvalue weighted by Crippen LogP contribution is 2.38. The number of hydrogen-bond donors (Lipinski definition) is 0. The van der Waals surface area contributed by atoms with E-state index in [0.29, 0.717) is 16.2 Å². The maximum absolute atomic E-state index is 13.1. The van der Waals surface area contributed by atoms with Crippen LogP contribution in [0.4, 0.5) is 5.69 Å². The van der Waals surface area contributed by atoms with Gasteiger partial charge in [0.1, 0.15) is 0 Å². The third-order valence-electron chi connectivity index (χ3n) is 4.13. The summed E-state index contributed by atoms with van der Waals surface area (Å²) in [7, 11) is 0. The Balaban J connectivity index is 2.11. The number of benzene rings is 2. The number of carbonyl (C=O) groups excluding carboxylic acids is 2. The number of rotatable bonds is 4. The summed E-state index contributed by atoms with van der Waals surface area (Å²) in [6.45, 7) is 7.93. The summed E-state index contributed by atoms with van der Waals surface area (Å²) in [6, 6.07) is 13.6. The lowest BCUT2D eigenvalue weighted by Gasteiger charge is -2.16. The van der Waals surface area contributed by atoms with Gasteiger partial charge in [-0.05, 0) is 55.3 Å². The zero-order chi connectivity index (χ0) is 18.1. The molecule has 1 aliphatic rings. The zero-order valence-electron chi connectivity index (χ0n) is 14.9. The molecule has 128 valence electrons. The first kappa shape index (κ1) is 17.5. The average molecular weight is 351 g/mol. The molecule has 3 rings (SSSR count). The Labute approximate surface area is 152 Å². The van der Waals surface area contributed by atoms with Crippen LogP contribution in [0.2, 0.25) is 0 Å². The van der Waals surface area contributed by atoms with E-state index in [9.17, 15) is 9.59 Å². The van der Waals surface area contributed by atoms with Gasteiger partial charge in [-0.15, -0.1) is 11.8 Å². The van der Waals surface area contributed by atoms with Gasteiger partial charge in [0, 0.05) is 0 Å². The molecule has 2 aromatic carbocycles. The molecule has 1 heterocycles. The molecule has 0 N–H and O–H groups in total. The van der Waals surface area contributed by atoms with E-state index in [1.807, 2.05) is 70.2 Å². The average Bonchev–Trinajstić information content (AvgIpc) is 2.79. The number of imide groups is 1. The molecule has 4 heteroatoms. The molecule has 0 unspecified atom stereocenters. The van der Waals surface area contributed by atoms with Crippen molar-refractivity contribution in [2.24, 2.45) is 0 Å². The van der Waals surface area contributed by atoms with Crippen molar-refractivity contribution < 1.29 is 9.59 Å². The first-order valence-electron chi connectivity index (χ1n) is 8.33. The van der Waals surface area contributed by atoms with Crippen LogP contribution in [-0.4, -0.2) is 17.6 Å². The van der Waals surface area contributed by atoms with Gasteiger partial charge in [0.05, 0.1) is 16.2 Å². The number of thioether (sulfide) groups is 1. The number of hydrogen-bond acceptors (Lipinski definition) is 3. The largest absolute Gasteiger partial charge is 0.272 e. The Morgan fingerprint density at radius 3 is 2.00 bits per heavy atom. The van der Waals surface area contributed by atoms with Crippen molar-refractivity contribution in [3.8, 4) is 0 Å². The molecular formula is C21H21NO2S. The highest BCUT2D eigenvalue weighted by molar-refractivity contribution is 8.04. The summed E-state index contributed by atoms with van der Waals surface area (Å²) in [6.07, 6.45) is 0. The fourth-order valence-electron chi connectivity index (χ4n) is 3.08. The van der Waals surface area contributed by atoms with Crippen LogP contribution >= 0.6 is 11.8 Å². The smallest absolute Gasteiger partial charge is 0.268 e. The van der Waals surface area contributed by atoms with Crippen molar-refractivity contribution in [2.75, 3.05) is 10.7 Å². The van der Waals surface area contributed by atoms with E-state index in [2.05, 4.69) is 0 Å². The molecule has 0 saturated carbocycles. The van der Waals surface area contributed by atoms with Crippen molar-refractivity contribution in [3.63, 3.8) is 0 Å².